The lowest BCUT2D eigenvalue weighted by Gasteiger charge is -2.35. The van der Waals surface area contributed by atoms with Gasteiger partial charge in [-0.3, -0.25) is 9.59 Å². The number of carbonyl (C=O) groups excluding carboxylic acids is 2. The topological polar surface area (TPSA) is 59.1 Å². The molecule has 0 N–H and O–H groups in total. The van der Waals surface area contributed by atoms with E-state index >= 15 is 0 Å². The highest BCUT2D eigenvalue weighted by Crippen LogP contribution is 2.31. The van der Waals surface area contributed by atoms with E-state index < -0.39 is 0 Å². The smallest absolute Gasteiger partial charge is 0.246 e. The predicted octanol–water partition coefficient (Wildman–Crippen LogP) is 3.63. The summed E-state index contributed by atoms with van der Waals surface area (Å²) in [5, 5.41) is 0. The van der Waals surface area contributed by atoms with Gasteiger partial charge in [-0.1, -0.05) is 42.5 Å². The van der Waals surface area contributed by atoms with Crippen molar-refractivity contribution >= 4 is 17.9 Å². The quantitative estimate of drug-likeness (QED) is 0.652. The molecule has 1 saturated heterocycles. The molecule has 1 atom stereocenters. The number of amides is 2. The average molecular weight is 435 g/mol. The number of nitrogens with zero attached hydrogens (tertiary/aromatic N) is 2. The fourth-order valence-electron chi connectivity index (χ4n) is 4.22. The summed E-state index contributed by atoms with van der Waals surface area (Å²) in [5.41, 5.74) is 1.00. The maximum atomic E-state index is 13.1. The summed E-state index contributed by atoms with van der Waals surface area (Å²) in [5.74, 6) is 1.55. The van der Waals surface area contributed by atoms with Crippen LogP contribution in [0, 0.1) is 5.92 Å². The lowest BCUT2D eigenvalue weighted by atomic mass is 9.95. The number of ether oxygens (including phenoxy) is 2. The Labute approximate surface area is 189 Å². The van der Waals surface area contributed by atoms with Crippen molar-refractivity contribution < 1.29 is 19.1 Å². The van der Waals surface area contributed by atoms with Crippen LogP contribution in [0.3, 0.4) is 0 Å². The van der Waals surface area contributed by atoms with Crippen LogP contribution in [0.1, 0.15) is 25.3 Å². The van der Waals surface area contributed by atoms with Gasteiger partial charge in [0.25, 0.3) is 0 Å². The molecule has 4 rings (SSSR count). The molecule has 2 aromatic carbocycles. The Morgan fingerprint density at radius 2 is 1.72 bits per heavy atom. The SMILES string of the molecule is CCN(CC1COc2ccccc2O1)C(=O)C1CCN(C(=O)/C=C/c2ccccc2)CC1. The molecule has 2 aliphatic heterocycles. The van der Waals surface area contributed by atoms with Gasteiger partial charge < -0.3 is 19.3 Å². The number of fused-ring (bicyclic) bond motifs is 1. The lowest BCUT2D eigenvalue weighted by molar-refractivity contribution is -0.140. The van der Waals surface area contributed by atoms with Gasteiger partial charge in [0.05, 0.1) is 6.54 Å². The highest BCUT2D eigenvalue weighted by molar-refractivity contribution is 5.92. The zero-order valence-electron chi connectivity index (χ0n) is 18.5. The molecule has 0 bridgehead atoms. The van der Waals surface area contributed by atoms with E-state index in [0.717, 1.165) is 17.1 Å². The highest BCUT2D eigenvalue weighted by atomic mass is 16.6. The molecular weight excluding hydrogens is 404 g/mol. The Bertz CT molecular complexity index is 951. The summed E-state index contributed by atoms with van der Waals surface area (Å²) < 4.78 is 11.8. The van der Waals surface area contributed by atoms with Gasteiger partial charge in [-0.2, -0.15) is 0 Å². The van der Waals surface area contributed by atoms with Crippen molar-refractivity contribution in [1.82, 2.24) is 9.80 Å². The summed E-state index contributed by atoms with van der Waals surface area (Å²) in [7, 11) is 0. The molecule has 2 amide bonds. The molecule has 1 fully saturated rings. The highest BCUT2D eigenvalue weighted by Gasteiger charge is 2.31. The van der Waals surface area contributed by atoms with E-state index in [0.29, 0.717) is 45.6 Å². The van der Waals surface area contributed by atoms with Gasteiger partial charge in [0.2, 0.25) is 11.8 Å². The zero-order chi connectivity index (χ0) is 22.3. The van der Waals surface area contributed by atoms with Crippen molar-refractivity contribution in [1.29, 1.82) is 0 Å². The first-order chi connectivity index (χ1) is 15.6. The van der Waals surface area contributed by atoms with E-state index in [9.17, 15) is 9.59 Å². The van der Waals surface area contributed by atoms with Crippen molar-refractivity contribution in [3.63, 3.8) is 0 Å². The monoisotopic (exact) mass is 434 g/mol. The number of para-hydroxylation sites is 2. The molecule has 2 aliphatic rings. The Morgan fingerprint density at radius 3 is 2.44 bits per heavy atom. The Balaban J connectivity index is 1.27. The van der Waals surface area contributed by atoms with Gasteiger partial charge >= 0.3 is 0 Å². The minimum Gasteiger partial charge on any atom is -0.486 e. The van der Waals surface area contributed by atoms with Crippen molar-refractivity contribution in [2.24, 2.45) is 5.92 Å². The molecule has 0 aliphatic carbocycles. The van der Waals surface area contributed by atoms with Crippen LogP contribution in [0.15, 0.2) is 60.7 Å². The second-order valence-corrected chi connectivity index (χ2v) is 8.22. The van der Waals surface area contributed by atoms with Crippen LogP contribution in [0.25, 0.3) is 6.08 Å². The van der Waals surface area contributed by atoms with Gasteiger partial charge in [-0.25, -0.2) is 0 Å². The molecule has 2 aromatic rings. The van der Waals surface area contributed by atoms with Gasteiger partial charge in [0.15, 0.2) is 17.6 Å². The van der Waals surface area contributed by atoms with Crippen LogP contribution in [0.2, 0.25) is 0 Å². The van der Waals surface area contributed by atoms with E-state index in [4.69, 9.17) is 9.47 Å². The molecule has 1 unspecified atom stereocenters. The third-order valence-electron chi connectivity index (χ3n) is 6.06. The summed E-state index contributed by atoms with van der Waals surface area (Å²) in [6.07, 6.45) is 4.64. The Hall–Kier alpha value is -3.28. The van der Waals surface area contributed by atoms with Crippen LogP contribution in [0.4, 0.5) is 0 Å². The van der Waals surface area contributed by atoms with E-state index in [1.165, 1.54) is 0 Å². The van der Waals surface area contributed by atoms with E-state index in [2.05, 4.69) is 0 Å². The third kappa shape index (κ3) is 5.31. The number of benzene rings is 2. The zero-order valence-corrected chi connectivity index (χ0v) is 18.5. The number of likely N-dealkylation sites (tertiary alicyclic amines) is 1. The van der Waals surface area contributed by atoms with Crippen molar-refractivity contribution in [3.8, 4) is 11.5 Å². The number of carbonyl (C=O) groups is 2. The fourth-order valence-corrected chi connectivity index (χ4v) is 4.22. The summed E-state index contributed by atoms with van der Waals surface area (Å²) in [4.78, 5) is 29.4. The van der Waals surface area contributed by atoms with Crippen molar-refractivity contribution in [2.45, 2.75) is 25.9 Å². The molecule has 32 heavy (non-hydrogen) atoms. The van der Waals surface area contributed by atoms with Crippen LogP contribution in [-0.4, -0.2) is 60.5 Å². The molecule has 0 spiro atoms. The second kappa shape index (κ2) is 10.4. The molecule has 168 valence electrons. The minimum atomic E-state index is -0.182. The Kier molecular flexibility index (Phi) is 7.10. The molecule has 0 aromatic heterocycles. The maximum Gasteiger partial charge on any atom is 0.246 e. The van der Waals surface area contributed by atoms with E-state index in [1.54, 1.807) is 6.08 Å². The number of rotatable bonds is 6. The number of likely N-dealkylation sites (N-methyl/N-ethyl adjacent to an activating group) is 1. The van der Waals surface area contributed by atoms with Crippen LogP contribution >= 0.6 is 0 Å². The van der Waals surface area contributed by atoms with Crippen LogP contribution in [0.5, 0.6) is 11.5 Å². The number of hydrogen-bond acceptors (Lipinski definition) is 4. The van der Waals surface area contributed by atoms with E-state index in [-0.39, 0.29) is 23.8 Å². The van der Waals surface area contributed by atoms with E-state index in [1.807, 2.05) is 77.4 Å². The van der Waals surface area contributed by atoms with Gasteiger partial charge in [-0.05, 0) is 43.5 Å². The maximum absolute atomic E-state index is 13.1. The molecule has 0 radical (unpaired) electrons. The number of hydrogen-bond donors (Lipinski definition) is 0. The van der Waals surface area contributed by atoms with Gasteiger partial charge in [-0.15, -0.1) is 0 Å². The molecular formula is C26H30N2O4. The van der Waals surface area contributed by atoms with Crippen LogP contribution in [-0.2, 0) is 9.59 Å². The van der Waals surface area contributed by atoms with Crippen molar-refractivity contribution in [3.05, 3.63) is 66.2 Å². The molecule has 0 saturated carbocycles. The minimum absolute atomic E-state index is 0.00137. The average Bonchev–Trinajstić information content (AvgIpc) is 2.86. The Morgan fingerprint density at radius 1 is 1.03 bits per heavy atom. The molecule has 2 heterocycles. The summed E-state index contributed by atoms with van der Waals surface area (Å²) in [6.45, 7) is 4.75. The lowest BCUT2D eigenvalue weighted by Crippen LogP contribution is -2.48. The fraction of sp³-hybridized carbons (Fsp3) is 0.385. The first kappa shape index (κ1) is 21.9. The van der Waals surface area contributed by atoms with Crippen LogP contribution < -0.4 is 9.47 Å². The predicted molar refractivity (Wildman–Crippen MR) is 123 cm³/mol. The first-order valence-corrected chi connectivity index (χ1v) is 11.3. The van der Waals surface area contributed by atoms with Gasteiger partial charge in [0, 0.05) is 31.6 Å². The summed E-state index contributed by atoms with van der Waals surface area (Å²) in [6, 6.07) is 17.4. The molecule has 6 nitrogen and oxygen atoms in total. The standard InChI is InChI=1S/C26H30N2O4/c1-2-27(18-22-19-31-23-10-6-7-11-24(23)32-22)26(30)21-14-16-28(17-15-21)25(29)13-12-20-8-4-3-5-9-20/h3-13,21-22H,2,14-19H2,1H3/b13-12+. The third-order valence-corrected chi connectivity index (χ3v) is 6.06. The molecule has 6 heteroatoms. The van der Waals surface area contributed by atoms with Gasteiger partial charge in [0.1, 0.15) is 6.61 Å². The van der Waals surface area contributed by atoms with Crippen molar-refractivity contribution in [2.75, 3.05) is 32.8 Å². The second-order valence-electron chi connectivity index (χ2n) is 8.22. The summed E-state index contributed by atoms with van der Waals surface area (Å²) >= 11 is 0. The largest absolute Gasteiger partial charge is 0.486 e. The first-order valence-electron chi connectivity index (χ1n) is 11.3. The number of piperidine rings is 1. The normalized spacial score (nSPS) is 18.5.